The Morgan fingerprint density at radius 1 is 1.12 bits per heavy atom. The van der Waals surface area contributed by atoms with Crippen molar-refractivity contribution in [2.75, 3.05) is 39.9 Å². The van der Waals surface area contributed by atoms with Gasteiger partial charge in [-0.05, 0) is 74.9 Å². The number of likely N-dealkylation sites (tertiary alicyclic amines) is 1. The first-order valence-corrected chi connectivity index (χ1v) is 11.9. The lowest BCUT2D eigenvalue weighted by Gasteiger charge is -2.35. The minimum Gasteiger partial charge on any atom is -0.453 e. The molecule has 2 aromatic rings. The van der Waals surface area contributed by atoms with Crippen molar-refractivity contribution in [3.05, 3.63) is 59.0 Å². The number of rotatable bonds is 9. The molecule has 1 amide bonds. The number of aryl methyl sites for hydroxylation is 1. The third kappa shape index (κ3) is 6.00. The molecule has 0 spiro atoms. The van der Waals surface area contributed by atoms with Crippen LogP contribution >= 0.6 is 0 Å². The van der Waals surface area contributed by atoms with Gasteiger partial charge in [-0.2, -0.15) is 0 Å². The number of carbonyl (C=O) groups is 1. The van der Waals surface area contributed by atoms with Gasteiger partial charge in [-0.25, -0.2) is 0 Å². The van der Waals surface area contributed by atoms with Crippen LogP contribution in [0.5, 0.6) is 0 Å². The topological polar surface area (TPSA) is 55.2 Å². The van der Waals surface area contributed by atoms with E-state index in [9.17, 15) is 4.79 Å². The quantitative estimate of drug-likeness (QED) is 0.583. The fourth-order valence-corrected chi connectivity index (χ4v) is 4.81. The molecule has 0 saturated carbocycles. The molecule has 32 heavy (non-hydrogen) atoms. The summed E-state index contributed by atoms with van der Waals surface area (Å²) in [7, 11) is 1.62. The van der Waals surface area contributed by atoms with Crippen molar-refractivity contribution in [2.45, 2.75) is 51.9 Å². The predicted molar refractivity (Wildman–Crippen MR) is 123 cm³/mol. The normalized spacial score (nSPS) is 20.0. The molecule has 3 heterocycles. The number of carbonyl (C=O) groups excluding carboxylic acids is 1. The zero-order valence-electron chi connectivity index (χ0n) is 19.4. The van der Waals surface area contributed by atoms with Crippen molar-refractivity contribution in [1.82, 2.24) is 9.80 Å². The predicted octanol–water partition coefficient (Wildman–Crippen LogP) is 4.27. The molecule has 1 aromatic heterocycles. The number of benzene rings is 1. The fraction of sp³-hybridized carbons (Fsp3) is 0.577. The third-order valence-electron chi connectivity index (χ3n) is 6.74. The van der Waals surface area contributed by atoms with E-state index >= 15 is 0 Å². The molecule has 2 aliphatic rings. The highest BCUT2D eigenvalue weighted by atomic mass is 16.5. The number of furan rings is 1. The first-order chi connectivity index (χ1) is 15.6. The van der Waals surface area contributed by atoms with Gasteiger partial charge in [0.1, 0.15) is 12.4 Å². The maximum Gasteiger partial charge on any atom is 0.289 e. The summed E-state index contributed by atoms with van der Waals surface area (Å²) in [6.45, 7) is 7.90. The summed E-state index contributed by atoms with van der Waals surface area (Å²) in [5, 5.41) is 0. The number of amides is 1. The van der Waals surface area contributed by atoms with Crippen LogP contribution in [0.4, 0.5) is 0 Å². The van der Waals surface area contributed by atoms with Crippen LogP contribution in [0.1, 0.15) is 53.1 Å². The molecule has 0 N–H and O–H groups in total. The molecule has 2 aliphatic heterocycles. The first-order valence-electron chi connectivity index (χ1n) is 11.9. The van der Waals surface area contributed by atoms with Crippen molar-refractivity contribution in [1.29, 1.82) is 0 Å². The molecule has 1 aromatic carbocycles. The van der Waals surface area contributed by atoms with E-state index < -0.39 is 0 Å². The molecule has 4 rings (SSSR count). The zero-order chi connectivity index (χ0) is 22.3. The summed E-state index contributed by atoms with van der Waals surface area (Å²) in [4.78, 5) is 17.8. The van der Waals surface area contributed by atoms with Gasteiger partial charge in [-0.3, -0.25) is 9.69 Å². The Morgan fingerprint density at radius 2 is 1.94 bits per heavy atom. The number of methoxy groups -OCH3 is 1. The molecule has 0 unspecified atom stereocenters. The smallest absolute Gasteiger partial charge is 0.289 e. The summed E-state index contributed by atoms with van der Waals surface area (Å²) in [5.41, 5.74) is 2.76. The van der Waals surface area contributed by atoms with E-state index in [0.29, 0.717) is 30.6 Å². The van der Waals surface area contributed by atoms with Gasteiger partial charge in [0.15, 0.2) is 5.76 Å². The Labute approximate surface area is 191 Å². The molecule has 0 bridgehead atoms. The molecular formula is C26H36N2O4. The molecule has 0 aliphatic carbocycles. The van der Waals surface area contributed by atoms with E-state index in [1.54, 1.807) is 13.2 Å². The van der Waals surface area contributed by atoms with Crippen LogP contribution in [0, 0.1) is 12.8 Å². The Kier molecular flexibility index (Phi) is 8.00. The average molecular weight is 441 g/mol. The Hall–Kier alpha value is -2.15. The lowest BCUT2D eigenvalue weighted by Crippen LogP contribution is -2.43. The van der Waals surface area contributed by atoms with E-state index in [0.717, 1.165) is 58.5 Å². The molecule has 2 fully saturated rings. The monoisotopic (exact) mass is 440 g/mol. The van der Waals surface area contributed by atoms with Gasteiger partial charge in [-0.15, -0.1) is 0 Å². The maximum atomic E-state index is 13.3. The summed E-state index contributed by atoms with van der Waals surface area (Å²) in [6.07, 6.45) is 4.44. The molecular weight excluding hydrogens is 404 g/mol. The summed E-state index contributed by atoms with van der Waals surface area (Å²) in [5.74, 6) is 1.54. The van der Waals surface area contributed by atoms with Gasteiger partial charge in [0, 0.05) is 33.4 Å². The summed E-state index contributed by atoms with van der Waals surface area (Å²) in [6, 6.07) is 12.2. The second-order valence-corrected chi connectivity index (χ2v) is 9.19. The van der Waals surface area contributed by atoms with Crippen LogP contribution in [0.2, 0.25) is 0 Å². The number of piperidine rings is 1. The van der Waals surface area contributed by atoms with Gasteiger partial charge in [0.2, 0.25) is 0 Å². The summed E-state index contributed by atoms with van der Waals surface area (Å²) >= 11 is 0. The number of ether oxygens (including phenoxy) is 2. The molecule has 1 atom stereocenters. The highest BCUT2D eigenvalue weighted by Crippen LogP contribution is 2.24. The Morgan fingerprint density at radius 3 is 2.66 bits per heavy atom. The van der Waals surface area contributed by atoms with Gasteiger partial charge >= 0.3 is 0 Å². The second kappa shape index (κ2) is 11.1. The minimum atomic E-state index is -0.0369. The third-order valence-corrected chi connectivity index (χ3v) is 6.74. The van der Waals surface area contributed by atoms with Crippen molar-refractivity contribution in [3.8, 4) is 0 Å². The summed E-state index contributed by atoms with van der Waals surface area (Å²) < 4.78 is 16.7. The Balaban J connectivity index is 1.35. The fourth-order valence-electron chi connectivity index (χ4n) is 4.81. The highest BCUT2D eigenvalue weighted by molar-refractivity contribution is 5.91. The molecule has 6 heteroatoms. The molecule has 6 nitrogen and oxygen atoms in total. The van der Waals surface area contributed by atoms with E-state index in [2.05, 4.69) is 36.1 Å². The Bertz CT molecular complexity index is 866. The largest absolute Gasteiger partial charge is 0.453 e. The van der Waals surface area contributed by atoms with Gasteiger partial charge in [0.25, 0.3) is 5.91 Å². The van der Waals surface area contributed by atoms with Crippen LogP contribution in [0.3, 0.4) is 0 Å². The van der Waals surface area contributed by atoms with Crippen molar-refractivity contribution in [2.24, 2.45) is 5.92 Å². The lowest BCUT2D eigenvalue weighted by atomic mass is 9.95. The van der Waals surface area contributed by atoms with E-state index in [1.807, 2.05) is 11.0 Å². The van der Waals surface area contributed by atoms with Crippen molar-refractivity contribution >= 4 is 5.91 Å². The minimum absolute atomic E-state index is 0.0369. The molecule has 174 valence electrons. The van der Waals surface area contributed by atoms with Crippen LogP contribution in [0.15, 0.2) is 40.8 Å². The van der Waals surface area contributed by atoms with Gasteiger partial charge in [0.05, 0.1) is 6.10 Å². The van der Waals surface area contributed by atoms with Crippen molar-refractivity contribution < 1.29 is 18.7 Å². The lowest BCUT2D eigenvalue weighted by molar-refractivity contribution is 0.0418. The highest BCUT2D eigenvalue weighted by Gasteiger charge is 2.29. The van der Waals surface area contributed by atoms with E-state index in [4.69, 9.17) is 13.9 Å². The SMILES string of the molecule is COCc1ccc(C(=O)N(CC2CCN(Cc3ccccc3C)CC2)C[C@@H]2CCCO2)o1. The average Bonchev–Trinajstić information content (AvgIpc) is 3.48. The molecule has 0 radical (unpaired) electrons. The van der Waals surface area contributed by atoms with Crippen LogP contribution in [-0.4, -0.2) is 61.7 Å². The second-order valence-electron chi connectivity index (χ2n) is 9.19. The number of nitrogens with zero attached hydrogens (tertiary/aromatic N) is 2. The van der Waals surface area contributed by atoms with Gasteiger partial charge in [-0.1, -0.05) is 24.3 Å². The number of hydrogen-bond donors (Lipinski definition) is 0. The van der Waals surface area contributed by atoms with Crippen LogP contribution in [-0.2, 0) is 22.6 Å². The molecule has 2 saturated heterocycles. The van der Waals surface area contributed by atoms with Crippen LogP contribution < -0.4 is 0 Å². The maximum absolute atomic E-state index is 13.3. The zero-order valence-corrected chi connectivity index (χ0v) is 19.4. The van der Waals surface area contributed by atoms with Crippen molar-refractivity contribution in [3.63, 3.8) is 0 Å². The van der Waals surface area contributed by atoms with Gasteiger partial charge < -0.3 is 18.8 Å². The van der Waals surface area contributed by atoms with Crippen LogP contribution in [0.25, 0.3) is 0 Å². The van der Waals surface area contributed by atoms with E-state index in [1.165, 1.54) is 11.1 Å². The standard InChI is InChI=1S/C26H36N2O4/c1-20-6-3-4-7-22(20)17-27-13-11-21(12-14-27)16-28(18-23-8-5-15-31-23)26(29)25-10-9-24(32-25)19-30-2/h3-4,6-7,9-10,21,23H,5,8,11-19H2,1-2H3/t23-/m0/s1. The van der Waals surface area contributed by atoms with E-state index in [-0.39, 0.29) is 12.0 Å². The number of hydrogen-bond acceptors (Lipinski definition) is 5. The first kappa shape index (κ1) is 23.0.